The lowest BCUT2D eigenvalue weighted by Crippen LogP contribution is -2.05. The molecule has 2 rings (SSSR count). The predicted molar refractivity (Wildman–Crippen MR) is 67.2 cm³/mol. The SMILES string of the molecule is Cc1cccc(NCc2ccc(OC(F)F)cn2)n1. The van der Waals surface area contributed by atoms with Crippen molar-refractivity contribution in [2.24, 2.45) is 0 Å². The molecule has 0 atom stereocenters. The zero-order valence-electron chi connectivity index (χ0n) is 10.3. The molecule has 0 amide bonds. The number of halogens is 2. The number of nitrogens with one attached hydrogen (secondary N) is 1. The number of alkyl halides is 2. The lowest BCUT2D eigenvalue weighted by Gasteiger charge is -2.07. The summed E-state index contributed by atoms with van der Waals surface area (Å²) in [5, 5.41) is 3.10. The van der Waals surface area contributed by atoms with Crippen LogP contribution in [0.25, 0.3) is 0 Å². The van der Waals surface area contributed by atoms with Crippen molar-refractivity contribution in [1.82, 2.24) is 9.97 Å². The van der Waals surface area contributed by atoms with Gasteiger partial charge in [0.25, 0.3) is 0 Å². The van der Waals surface area contributed by atoms with E-state index < -0.39 is 6.61 Å². The molecular weight excluding hydrogens is 252 g/mol. The Morgan fingerprint density at radius 3 is 2.74 bits per heavy atom. The van der Waals surface area contributed by atoms with E-state index in [9.17, 15) is 8.78 Å². The van der Waals surface area contributed by atoms with E-state index in [0.717, 1.165) is 11.5 Å². The average molecular weight is 265 g/mol. The number of pyridine rings is 2. The van der Waals surface area contributed by atoms with Crippen molar-refractivity contribution in [3.63, 3.8) is 0 Å². The second-order valence-corrected chi connectivity index (χ2v) is 3.88. The molecule has 2 aromatic rings. The number of anilines is 1. The third-order valence-electron chi connectivity index (χ3n) is 2.36. The molecule has 0 bridgehead atoms. The lowest BCUT2D eigenvalue weighted by molar-refractivity contribution is -0.0500. The second-order valence-electron chi connectivity index (χ2n) is 3.88. The fourth-order valence-electron chi connectivity index (χ4n) is 1.51. The highest BCUT2D eigenvalue weighted by molar-refractivity contribution is 5.35. The second kappa shape index (κ2) is 6.08. The average Bonchev–Trinajstić information content (AvgIpc) is 2.37. The van der Waals surface area contributed by atoms with Crippen LogP contribution in [0.2, 0.25) is 0 Å². The first kappa shape index (κ1) is 13.2. The summed E-state index contributed by atoms with van der Waals surface area (Å²) in [4.78, 5) is 8.30. The summed E-state index contributed by atoms with van der Waals surface area (Å²) in [6.07, 6.45) is 1.27. The minimum Gasteiger partial charge on any atom is -0.433 e. The predicted octanol–water partition coefficient (Wildman–Crippen LogP) is 3.00. The van der Waals surface area contributed by atoms with Crippen molar-refractivity contribution in [3.05, 3.63) is 47.9 Å². The van der Waals surface area contributed by atoms with Crippen molar-refractivity contribution >= 4 is 5.82 Å². The van der Waals surface area contributed by atoms with Crippen LogP contribution in [0.15, 0.2) is 36.5 Å². The summed E-state index contributed by atoms with van der Waals surface area (Å²) >= 11 is 0. The monoisotopic (exact) mass is 265 g/mol. The van der Waals surface area contributed by atoms with Gasteiger partial charge >= 0.3 is 6.61 Å². The molecule has 0 spiro atoms. The standard InChI is InChI=1S/C13H13F2N3O/c1-9-3-2-4-12(18-9)17-7-10-5-6-11(8-16-10)19-13(14)15/h2-6,8,13H,7H2,1H3,(H,17,18). The molecule has 0 fully saturated rings. The normalized spacial score (nSPS) is 10.5. The van der Waals surface area contributed by atoms with Gasteiger partial charge in [-0.25, -0.2) is 4.98 Å². The van der Waals surface area contributed by atoms with Gasteiger partial charge in [0.15, 0.2) is 0 Å². The Morgan fingerprint density at radius 1 is 1.26 bits per heavy atom. The Morgan fingerprint density at radius 2 is 2.11 bits per heavy atom. The number of aromatic nitrogens is 2. The van der Waals surface area contributed by atoms with Crippen LogP contribution in [0.1, 0.15) is 11.4 Å². The van der Waals surface area contributed by atoms with Crippen LogP contribution in [0.3, 0.4) is 0 Å². The van der Waals surface area contributed by atoms with Crippen LogP contribution in [-0.4, -0.2) is 16.6 Å². The fraction of sp³-hybridized carbons (Fsp3) is 0.231. The third kappa shape index (κ3) is 4.17. The Bertz CT molecular complexity index is 532. The van der Waals surface area contributed by atoms with Gasteiger partial charge in [0.05, 0.1) is 18.4 Å². The minimum absolute atomic E-state index is 0.0485. The molecule has 0 saturated carbocycles. The maximum Gasteiger partial charge on any atom is 0.387 e. The van der Waals surface area contributed by atoms with Crippen LogP contribution in [-0.2, 0) is 6.54 Å². The molecule has 0 aromatic carbocycles. The molecule has 2 heterocycles. The number of rotatable bonds is 5. The van der Waals surface area contributed by atoms with Gasteiger partial charge in [-0.1, -0.05) is 6.07 Å². The minimum atomic E-state index is -2.83. The molecule has 19 heavy (non-hydrogen) atoms. The maximum atomic E-state index is 12.0. The third-order valence-corrected chi connectivity index (χ3v) is 2.36. The molecule has 2 aromatic heterocycles. The molecule has 4 nitrogen and oxygen atoms in total. The van der Waals surface area contributed by atoms with Gasteiger partial charge in [0, 0.05) is 5.69 Å². The van der Waals surface area contributed by atoms with Crippen LogP contribution < -0.4 is 10.1 Å². The Labute approximate surface area is 109 Å². The van der Waals surface area contributed by atoms with Crippen molar-refractivity contribution in [1.29, 1.82) is 0 Å². The van der Waals surface area contributed by atoms with E-state index in [1.165, 1.54) is 12.3 Å². The van der Waals surface area contributed by atoms with Crippen molar-refractivity contribution in [2.75, 3.05) is 5.32 Å². The van der Waals surface area contributed by atoms with E-state index >= 15 is 0 Å². The number of aryl methyl sites for hydroxylation is 1. The van der Waals surface area contributed by atoms with Gasteiger partial charge in [-0.05, 0) is 31.2 Å². The molecule has 0 saturated heterocycles. The van der Waals surface area contributed by atoms with Gasteiger partial charge in [0.1, 0.15) is 11.6 Å². The zero-order valence-corrected chi connectivity index (χ0v) is 10.3. The van der Waals surface area contributed by atoms with Crippen molar-refractivity contribution in [3.8, 4) is 5.75 Å². The first-order valence-corrected chi connectivity index (χ1v) is 5.71. The van der Waals surface area contributed by atoms with Gasteiger partial charge in [-0.2, -0.15) is 8.78 Å². The Balaban J connectivity index is 1.93. The van der Waals surface area contributed by atoms with E-state index in [1.54, 1.807) is 6.07 Å². The first-order chi connectivity index (χ1) is 9.13. The van der Waals surface area contributed by atoms with Gasteiger partial charge in [-0.15, -0.1) is 0 Å². The molecular formula is C13H13F2N3O. The van der Waals surface area contributed by atoms with E-state index in [2.05, 4.69) is 20.0 Å². The summed E-state index contributed by atoms with van der Waals surface area (Å²) in [6, 6.07) is 8.74. The summed E-state index contributed by atoms with van der Waals surface area (Å²) < 4.78 is 28.1. The van der Waals surface area contributed by atoms with E-state index in [0.29, 0.717) is 12.2 Å². The van der Waals surface area contributed by atoms with Crippen LogP contribution in [0.5, 0.6) is 5.75 Å². The number of nitrogens with zero attached hydrogens (tertiary/aromatic N) is 2. The lowest BCUT2D eigenvalue weighted by atomic mass is 10.3. The molecule has 0 unspecified atom stereocenters. The topological polar surface area (TPSA) is 47.0 Å². The summed E-state index contributed by atoms with van der Waals surface area (Å²) in [5.74, 6) is 0.794. The molecule has 1 N–H and O–H groups in total. The quantitative estimate of drug-likeness (QED) is 0.902. The van der Waals surface area contributed by atoms with E-state index in [1.807, 2.05) is 25.1 Å². The molecule has 100 valence electrons. The highest BCUT2D eigenvalue weighted by atomic mass is 19.3. The Hall–Kier alpha value is -2.24. The first-order valence-electron chi connectivity index (χ1n) is 5.71. The van der Waals surface area contributed by atoms with E-state index in [4.69, 9.17) is 0 Å². The van der Waals surface area contributed by atoms with E-state index in [-0.39, 0.29) is 5.75 Å². The molecule has 0 aliphatic carbocycles. The van der Waals surface area contributed by atoms with Crippen LogP contribution >= 0.6 is 0 Å². The number of hydrogen-bond donors (Lipinski definition) is 1. The molecule has 0 aliphatic rings. The number of hydrogen-bond acceptors (Lipinski definition) is 4. The smallest absolute Gasteiger partial charge is 0.387 e. The van der Waals surface area contributed by atoms with Gasteiger partial charge in [0.2, 0.25) is 0 Å². The van der Waals surface area contributed by atoms with Crippen LogP contribution in [0.4, 0.5) is 14.6 Å². The highest BCUT2D eigenvalue weighted by Crippen LogP contribution is 2.13. The fourth-order valence-corrected chi connectivity index (χ4v) is 1.51. The largest absolute Gasteiger partial charge is 0.433 e. The van der Waals surface area contributed by atoms with Crippen LogP contribution in [0, 0.1) is 6.92 Å². The zero-order chi connectivity index (χ0) is 13.7. The number of ether oxygens (including phenoxy) is 1. The maximum absolute atomic E-state index is 12.0. The van der Waals surface area contributed by atoms with Gasteiger partial charge < -0.3 is 10.1 Å². The highest BCUT2D eigenvalue weighted by Gasteiger charge is 2.04. The molecule has 0 radical (unpaired) electrons. The summed E-state index contributed by atoms with van der Waals surface area (Å²) in [5.41, 5.74) is 1.63. The van der Waals surface area contributed by atoms with Crippen molar-refractivity contribution in [2.45, 2.75) is 20.1 Å². The molecule has 6 heteroatoms. The summed E-state index contributed by atoms with van der Waals surface area (Å²) in [6.45, 7) is -0.465. The van der Waals surface area contributed by atoms with Crippen molar-refractivity contribution < 1.29 is 13.5 Å². The Kier molecular flexibility index (Phi) is 4.22. The van der Waals surface area contributed by atoms with Gasteiger partial charge in [-0.3, -0.25) is 4.98 Å². The summed E-state index contributed by atoms with van der Waals surface area (Å²) in [7, 11) is 0. The molecule has 0 aliphatic heterocycles.